The molecule has 5 atom stereocenters. The van der Waals surface area contributed by atoms with E-state index in [0.717, 1.165) is 25.7 Å². The van der Waals surface area contributed by atoms with Gasteiger partial charge in [0.05, 0.1) is 12.9 Å². The molecule has 0 bridgehead atoms. The first kappa shape index (κ1) is 15.4. The predicted octanol–water partition coefficient (Wildman–Crippen LogP) is 2.29. The van der Waals surface area contributed by atoms with E-state index < -0.39 is 54.1 Å². The highest BCUT2D eigenvalue weighted by atomic mass is 16.4. The number of benzene rings is 1. The van der Waals surface area contributed by atoms with Crippen LogP contribution in [0.25, 0.3) is 0 Å². The van der Waals surface area contributed by atoms with Gasteiger partial charge >= 0.3 is 11.9 Å². The molecule has 158 valence electrons. The third-order valence-electron chi connectivity index (χ3n) is 5.98. The van der Waals surface area contributed by atoms with Crippen LogP contribution in [0.2, 0.25) is 0 Å². The number of carboxylic acids is 2. The summed E-state index contributed by atoms with van der Waals surface area (Å²) < 4.78 is 39.2. The van der Waals surface area contributed by atoms with E-state index in [1.807, 2.05) is 0 Å². The van der Waals surface area contributed by atoms with Crippen molar-refractivity contribution in [2.24, 2.45) is 5.92 Å². The minimum atomic E-state index is -1.25. The molecule has 2 fully saturated rings. The molecule has 3 rings (SSSR count). The van der Waals surface area contributed by atoms with Gasteiger partial charge in [0, 0.05) is 6.04 Å². The second-order valence-electron chi connectivity index (χ2n) is 7.87. The molecule has 1 aromatic carbocycles. The zero-order valence-corrected chi connectivity index (χ0v) is 16.4. The molecule has 2 aliphatic rings. The van der Waals surface area contributed by atoms with E-state index >= 15 is 0 Å². The molecule has 1 aliphatic carbocycles. The fourth-order valence-corrected chi connectivity index (χ4v) is 4.56. The number of likely N-dealkylation sites (tertiary alicyclic amines) is 1. The van der Waals surface area contributed by atoms with Crippen LogP contribution in [0.4, 0.5) is 0 Å². The molecule has 7 nitrogen and oxygen atoms in total. The summed E-state index contributed by atoms with van der Waals surface area (Å²) in [6.45, 7) is 1.50. The summed E-state index contributed by atoms with van der Waals surface area (Å²) in [6.07, 6.45) is 3.69. The minimum absolute atomic E-state index is 0.00793. The van der Waals surface area contributed by atoms with Gasteiger partial charge in [0.15, 0.2) is 0 Å². The van der Waals surface area contributed by atoms with Crippen molar-refractivity contribution in [2.75, 3.05) is 0 Å². The van der Waals surface area contributed by atoms with Gasteiger partial charge in [-0.05, 0) is 50.5 Å². The number of nitrogens with zero attached hydrogens (tertiary/aromatic N) is 1. The predicted molar refractivity (Wildman–Crippen MR) is 107 cm³/mol. The molecular weight excluding hydrogens is 372 g/mol. The van der Waals surface area contributed by atoms with E-state index in [2.05, 4.69) is 5.32 Å². The number of rotatable bonds is 8. The Morgan fingerprint density at radius 1 is 1.21 bits per heavy atom. The van der Waals surface area contributed by atoms with E-state index in [9.17, 15) is 24.6 Å². The van der Waals surface area contributed by atoms with Gasteiger partial charge in [0.1, 0.15) is 12.1 Å². The summed E-state index contributed by atoms with van der Waals surface area (Å²) in [5.74, 6) is -2.65. The minimum Gasteiger partial charge on any atom is -0.480 e. The number of hydrogen-bond donors (Lipinski definition) is 3. The normalized spacial score (nSPS) is 28.2. The highest BCUT2D eigenvalue weighted by molar-refractivity contribution is 5.88. The van der Waals surface area contributed by atoms with Crippen LogP contribution in [0.15, 0.2) is 30.2 Å². The van der Waals surface area contributed by atoms with Crippen LogP contribution >= 0.6 is 0 Å². The maximum absolute atomic E-state index is 13.3. The van der Waals surface area contributed by atoms with Gasteiger partial charge in [-0.15, -0.1) is 0 Å². The third kappa shape index (κ3) is 4.96. The highest BCUT2D eigenvalue weighted by Gasteiger charge is 2.48. The molecule has 1 saturated carbocycles. The Kier molecular flexibility index (Phi) is 5.00. The smallest absolute Gasteiger partial charge is 0.326 e. The molecule has 0 spiro atoms. The number of nitrogens with one attached hydrogen (secondary N) is 1. The first-order valence-corrected chi connectivity index (χ1v) is 10.0. The van der Waals surface area contributed by atoms with Crippen molar-refractivity contribution < 1.29 is 31.5 Å². The van der Waals surface area contributed by atoms with E-state index in [4.69, 9.17) is 6.85 Å². The molecule has 0 aromatic heterocycles. The van der Waals surface area contributed by atoms with Gasteiger partial charge < -0.3 is 15.1 Å². The molecule has 0 unspecified atom stereocenters. The molecule has 1 aliphatic heterocycles. The summed E-state index contributed by atoms with van der Waals surface area (Å²) in [5, 5.41) is 22.1. The van der Waals surface area contributed by atoms with E-state index in [-0.39, 0.29) is 42.4 Å². The van der Waals surface area contributed by atoms with Gasteiger partial charge in [-0.25, -0.2) is 4.79 Å². The number of carbonyl (C=O) groups excluding carboxylic acids is 1. The first-order chi connectivity index (χ1) is 16.0. The maximum Gasteiger partial charge on any atom is 0.326 e. The number of carboxylic acid groups (broad SMARTS) is 2. The van der Waals surface area contributed by atoms with Crippen LogP contribution in [0.5, 0.6) is 0 Å². The number of fused-ring (bicyclic) bond motifs is 1. The number of carbonyl (C=O) groups is 3. The SMILES string of the molecule is [2H]c1c([2H])c([2H])c(CC[C@H](N[C@@H](C)C(=O)N2[C@H](C(=O)O)C[C@H]3CCCC[C@@H]32)C(=O)O)c([2H])c1[2H]. The van der Waals surface area contributed by atoms with Crippen molar-refractivity contribution in [3.63, 3.8) is 0 Å². The van der Waals surface area contributed by atoms with Crippen molar-refractivity contribution >= 4 is 17.8 Å². The molecule has 7 heteroatoms. The Labute approximate surface area is 178 Å². The lowest BCUT2D eigenvalue weighted by molar-refractivity contribution is -0.151. The molecule has 3 N–H and O–H groups in total. The standard InChI is InChI=1S/C22H30N2O5/c1-14(23-17(21(26)27)12-11-15-7-3-2-4-8-15)20(25)24-18-10-6-5-9-16(18)13-19(24)22(28)29/h2-4,7-8,14,16-19,23H,5-6,9-13H2,1H3,(H,26,27)(H,28,29)/t14-,16+,17-,18-,19-/m0/s1/i2D,3D,4D,7D,8D. The summed E-state index contributed by atoms with van der Waals surface area (Å²) in [5.41, 5.74) is 0.00793. The average Bonchev–Trinajstić information content (AvgIpc) is 3.19. The second kappa shape index (κ2) is 9.39. The Morgan fingerprint density at radius 3 is 2.55 bits per heavy atom. The number of amides is 1. The zero-order valence-electron chi connectivity index (χ0n) is 21.4. The number of aliphatic carboxylic acids is 2. The van der Waals surface area contributed by atoms with Crippen molar-refractivity contribution in [1.82, 2.24) is 10.2 Å². The van der Waals surface area contributed by atoms with Gasteiger partial charge in [-0.1, -0.05) is 43.1 Å². The molecular formula is C22H30N2O5. The summed E-state index contributed by atoms with van der Waals surface area (Å²) in [4.78, 5) is 38.4. The second-order valence-corrected chi connectivity index (χ2v) is 7.87. The Bertz CT molecular complexity index is 962. The monoisotopic (exact) mass is 407 g/mol. The van der Waals surface area contributed by atoms with Crippen LogP contribution in [-0.2, 0) is 20.8 Å². The fourth-order valence-electron chi connectivity index (χ4n) is 4.56. The molecule has 1 saturated heterocycles. The van der Waals surface area contributed by atoms with Crippen LogP contribution < -0.4 is 5.32 Å². The van der Waals surface area contributed by atoms with Gasteiger partial charge in [0.2, 0.25) is 5.91 Å². The topological polar surface area (TPSA) is 107 Å². The van der Waals surface area contributed by atoms with E-state index in [1.165, 1.54) is 11.8 Å². The third-order valence-corrected chi connectivity index (χ3v) is 5.98. The van der Waals surface area contributed by atoms with Crippen molar-refractivity contribution in [1.29, 1.82) is 0 Å². The van der Waals surface area contributed by atoms with E-state index in [0.29, 0.717) is 6.42 Å². The molecule has 1 heterocycles. The lowest BCUT2D eigenvalue weighted by atomic mass is 9.84. The molecule has 29 heavy (non-hydrogen) atoms. The Morgan fingerprint density at radius 2 is 1.90 bits per heavy atom. The Hall–Kier alpha value is -2.41. The van der Waals surface area contributed by atoms with Gasteiger partial charge in [0.25, 0.3) is 0 Å². The zero-order chi connectivity index (χ0) is 25.3. The van der Waals surface area contributed by atoms with Crippen LogP contribution in [0, 0.1) is 5.92 Å². The van der Waals surface area contributed by atoms with Crippen LogP contribution in [0.1, 0.15) is 57.9 Å². The van der Waals surface area contributed by atoms with Crippen LogP contribution in [0.3, 0.4) is 0 Å². The quantitative estimate of drug-likeness (QED) is 0.610. The van der Waals surface area contributed by atoms with Crippen molar-refractivity contribution in [2.45, 2.75) is 76.0 Å². The van der Waals surface area contributed by atoms with Gasteiger partial charge in [-0.3, -0.25) is 14.9 Å². The van der Waals surface area contributed by atoms with Crippen LogP contribution in [-0.4, -0.2) is 57.1 Å². The van der Waals surface area contributed by atoms with Crippen molar-refractivity contribution in [3.8, 4) is 0 Å². The highest BCUT2D eigenvalue weighted by Crippen LogP contribution is 2.40. The molecule has 0 radical (unpaired) electrons. The van der Waals surface area contributed by atoms with E-state index in [1.54, 1.807) is 0 Å². The Balaban J connectivity index is 1.74. The first-order valence-electron chi connectivity index (χ1n) is 12.5. The fraction of sp³-hybridized carbons (Fsp3) is 0.591. The molecule has 1 amide bonds. The lowest BCUT2D eigenvalue weighted by Crippen LogP contribution is -2.55. The molecule has 1 aromatic rings. The van der Waals surface area contributed by atoms with Crippen molar-refractivity contribution in [3.05, 3.63) is 35.8 Å². The average molecular weight is 408 g/mol. The lowest BCUT2D eigenvalue weighted by Gasteiger charge is -2.35. The maximum atomic E-state index is 13.3. The number of hydrogen-bond acceptors (Lipinski definition) is 4. The van der Waals surface area contributed by atoms with Gasteiger partial charge in [-0.2, -0.15) is 0 Å². The summed E-state index contributed by atoms with van der Waals surface area (Å²) >= 11 is 0. The largest absolute Gasteiger partial charge is 0.480 e. The summed E-state index contributed by atoms with van der Waals surface area (Å²) in [7, 11) is 0. The summed E-state index contributed by atoms with van der Waals surface area (Å²) in [6, 6.07) is -5.57.